The Labute approximate surface area is 140 Å². The van der Waals surface area contributed by atoms with Crippen molar-refractivity contribution in [2.45, 2.75) is 46.6 Å². The monoisotopic (exact) mass is 324 g/mol. The molecule has 22 heavy (non-hydrogen) atoms. The third-order valence-corrected chi connectivity index (χ3v) is 4.62. The standard InChI is InChI=1S/C18H28N2O.ClH/c1-13-6-7-17(14(2)9-13)12-20-18(21)10-15(3)16-5-4-8-19-11-16;/h6-7,9,15-16,19H,4-5,8,10-12H2,1-3H3,(H,20,21);1H. The maximum Gasteiger partial charge on any atom is 0.220 e. The second-order valence-electron chi connectivity index (χ2n) is 6.49. The summed E-state index contributed by atoms with van der Waals surface area (Å²) in [5, 5.41) is 6.50. The van der Waals surface area contributed by atoms with Crippen LogP contribution in [0, 0.1) is 25.7 Å². The summed E-state index contributed by atoms with van der Waals surface area (Å²) < 4.78 is 0. The number of hydrogen-bond donors (Lipinski definition) is 2. The predicted octanol–water partition coefficient (Wildman–Crippen LogP) is 3.37. The van der Waals surface area contributed by atoms with Gasteiger partial charge in [0.1, 0.15) is 0 Å². The molecule has 0 aliphatic carbocycles. The number of benzene rings is 1. The van der Waals surface area contributed by atoms with E-state index in [0.717, 1.165) is 13.1 Å². The Bertz CT molecular complexity index is 484. The van der Waals surface area contributed by atoms with E-state index in [-0.39, 0.29) is 18.3 Å². The Morgan fingerprint density at radius 1 is 1.41 bits per heavy atom. The molecule has 1 heterocycles. The molecule has 2 atom stereocenters. The number of nitrogens with one attached hydrogen (secondary N) is 2. The molecule has 2 rings (SSSR count). The van der Waals surface area contributed by atoms with Crippen LogP contribution in [0.5, 0.6) is 0 Å². The number of halogens is 1. The minimum absolute atomic E-state index is 0. The third-order valence-electron chi connectivity index (χ3n) is 4.62. The zero-order chi connectivity index (χ0) is 15.2. The van der Waals surface area contributed by atoms with Gasteiger partial charge in [0.05, 0.1) is 0 Å². The Morgan fingerprint density at radius 2 is 2.18 bits per heavy atom. The molecule has 1 aromatic rings. The van der Waals surface area contributed by atoms with Gasteiger partial charge < -0.3 is 10.6 Å². The lowest BCUT2D eigenvalue weighted by Crippen LogP contribution is -2.35. The van der Waals surface area contributed by atoms with Crippen molar-refractivity contribution in [3.8, 4) is 0 Å². The lowest BCUT2D eigenvalue weighted by Gasteiger charge is -2.28. The first kappa shape index (κ1) is 19.0. The Hall–Kier alpha value is -1.06. The van der Waals surface area contributed by atoms with Gasteiger partial charge in [0.2, 0.25) is 5.91 Å². The number of carbonyl (C=O) groups is 1. The summed E-state index contributed by atoms with van der Waals surface area (Å²) >= 11 is 0. The molecule has 4 heteroatoms. The molecule has 0 saturated carbocycles. The van der Waals surface area contributed by atoms with Crippen molar-refractivity contribution in [3.05, 3.63) is 34.9 Å². The molecule has 1 aromatic carbocycles. The predicted molar refractivity (Wildman–Crippen MR) is 94.4 cm³/mol. The van der Waals surface area contributed by atoms with Crippen LogP contribution < -0.4 is 10.6 Å². The third kappa shape index (κ3) is 5.62. The lowest BCUT2D eigenvalue weighted by atomic mass is 9.85. The summed E-state index contributed by atoms with van der Waals surface area (Å²) in [7, 11) is 0. The van der Waals surface area contributed by atoms with Crippen LogP contribution in [0.3, 0.4) is 0 Å². The average Bonchev–Trinajstić information content (AvgIpc) is 2.47. The van der Waals surface area contributed by atoms with Crippen LogP contribution in [0.15, 0.2) is 18.2 Å². The summed E-state index contributed by atoms with van der Waals surface area (Å²) in [5.41, 5.74) is 3.72. The van der Waals surface area contributed by atoms with Gasteiger partial charge >= 0.3 is 0 Å². The fourth-order valence-corrected chi connectivity index (χ4v) is 3.13. The van der Waals surface area contributed by atoms with E-state index in [1.54, 1.807) is 0 Å². The number of amides is 1. The van der Waals surface area contributed by atoms with E-state index in [1.807, 2.05) is 0 Å². The zero-order valence-electron chi connectivity index (χ0n) is 13.9. The van der Waals surface area contributed by atoms with E-state index in [4.69, 9.17) is 0 Å². The van der Waals surface area contributed by atoms with Crippen molar-refractivity contribution >= 4 is 18.3 Å². The van der Waals surface area contributed by atoms with Gasteiger partial charge in [-0.2, -0.15) is 0 Å². The van der Waals surface area contributed by atoms with Crippen molar-refractivity contribution in [1.29, 1.82) is 0 Å². The molecule has 0 radical (unpaired) electrons. The molecule has 1 saturated heterocycles. The molecular formula is C18H29ClN2O. The molecule has 0 aromatic heterocycles. The first-order valence-corrected chi connectivity index (χ1v) is 8.10. The lowest BCUT2D eigenvalue weighted by molar-refractivity contribution is -0.122. The van der Waals surface area contributed by atoms with Crippen LogP contribution >= 0.6 is 12.4 Å². The molecule has 124 valence electrons. The number of rotatable bonds is 5. The highest BCUT2D eigenvalue weighted by atomic mass is 35.5. The number of carbonyl (C=O) groups excluding carboxylic acids is 1. The summed E-state index contributed by atoms with van der Waals surface area (Å²) in [6.45, 7) is 9.22. The Kier molecular flexibility index (Phi) is 7.91. The Balaban J connectivity index is 0.00000242. The number of hydrogen-bond acceptors (Lipinski definition) is 2. The van der Waals surface area contributed by atoms with Crippen LogP contribution in [0.2, 0.25) is 0 Å². The second-order valence-corrected chi connectivity index (χ2v) is 6.49. The second kappa shape index (κ2) is 9.16. The molecule has 3 nitrogen and oxygen atoms in total. The maximum atomic E-state index is 12.1. The highest BCUT2D eigenvalue weighted by Gasteiger charge is 2.21. The van der Waals surface area contributed by atoms with Crippen LogP contribution in [0.4, 0.5) is 0 Å². The van der Waals surface area contributed by atoms with Gasteiger partial charge in [-0.3, -0.25) is 4.79 Å². The number of piperidine rings is 1. The van der Waals surface area contributed by atoms with Crippen molar-refractivity contribution in [2.24, 2.45) is 11.8 Å². The molecule has 0 spiro atoms. The van der Waals surface area contributed by atoms with Crippen molar-refractivity contribution in [1.82, 2.24) is 10.6 Å². The van der Waals surface area contributed by atoms with Crippen molar-refractivity contribution < 1.29 is 4.79 Å². The van der Waals surface area contributed by atoms with Gasteiger partial charge in [-0.1, -0.05) is 30.7 Å². The van der Waals surface area contributed by atoms with Crippen LogP contribution in [-0.4, -0.2) is 19.0 Å². The smallest absolute Gasteiger partial charge is 0.220 e. The largest absolute Gasteiger partial charge is 0.352 e. The minimum Gasteiger partial charge on any atom is -0.352 e. The summed E-state index contributed by atoms with van der Waals surface area (Å²) in [4.78, 5) is 12.1. The van der Waals surface area contributed by atoms with Crippen molar-refractivity contribution in [3.63, 3.8) is 0 Å². The van der Waals surface area contributed by atoms with Gasteiger partial charge in [0.25, 0.3) is 0 Å². The van der Waals surface area contributed by atoms with E-state index in [9.17, 15) is 4.79 Å². The normalized spacial score (nSPS) is 19.1. The molecule has 1 aliphatic heterocycles. The fourth-order valence-electron chi connectivity index (χ4n) is 3.13. The minimum atomic E-state index is 0. The van der Waals surface area contributed by atoms with E-state index in [0.29, 0.717) is 24.8 Å². The van der Waals surface area contributed by atoms with E-state index < -0.39 is 0 Å². The molecule has 0 bridgehead atoms. The van der Waals surface area contributed by atoms with E-state index in [1.165, 1.54) is 29.5 Å². The summed E-state index contributed by atoms with van der Waals surface area (Å²) in [5.74, 6) is 1.27. The zero-order valence-corrected chi connectivity index (χ0v) is 14.8. The average molecular weight is 325 g/mol. The van der Waals surface area contributed by atoms with Gasteiger partial charge in [-0.05, 0) is 62.7 Å². The van der Waals surface area contributed by atoms with Crippen LogP contribution in [0.25, 0.3) is 0 Å². The quantitative estimate of drug-likeness (QED) is 0.872. The molecule has 2 unspecified atom stereocenters. The molecular weight excluding hydrogens is 296 g/mol. The summed E-state index contributed by atoms with van der Waals surface area (Å²) in [6.07, 6.45) is 3.12. The maximum absolute atomic E-state index is 12.1. The van der Waals surface area contributed by atoms with Crippen molar-refractivity contribution in [2.75, 3.05) is 13.1 Å². The summed E-state index contributed by atoms with van der Waals surface area (Å²) in [6, 6.07) is 6.38. The van der Waals surface area contributed by atoms with Crippen LogP contribution in [0.1, 0.15) is 42.9 Å². The first-order chi connectivity index (χ1) is 10.1. The first-order valence-electron chi connectivity index (χ1n) is 8.10. The molecule has 1 fully saturated rings. The molecule has 2 N–H and O–H groups in total. The van der Waals surface area contributed by atoms with Gasteiger partial charge in [-0.15, -0.1) is 12.4 Å². The highest BCUT2D eigenvalue weighted by molar-refractivity contribution is 5.85. The van der Waals surface area contributed by atoms with E-state index >= 15 is 0 Å². The Morgan fingerprint density at radius 3 is 2.82 bits per heavy atom. The topological polar surface area (TPSA) is 41.1 Å². The molecule has 1 amide bonds. The SMILES string of the molecule is Cc1ccc(CNC(=O)CC(C)C2CCCNC2)c(C)c1.Cl. The molecule has 1 aliphatic rings. The van der Waals surface area contributed by atoms with Crippen LogP contribution in [-0.2, 0) is 11.3 Å². The number of aryl methyl sites for hydroxylation is 2. The van der Waals surface area contributed by atoms with Gasteiger partial charge in [0, 0.05) is 13.0 Å². The fraction of sp³-hybridized carbons (Fsp3) is 0.611. The van der Waals surface area contributed by atoms with Gasteiger partial charge in [-0.25, -0.2) is 0 Å². The van der Waals surface area contributed by atoms with E-state index in [2.05, 4.69) is 49.6 Å². The van der Waals surface area contributed by atoms with Gasteiger partial charge in [0.15, 0.2) is 0 Å². The highest BCUT2D eigenvalue weighted by Crippen LogP contribution is 2.22.